The first-order valence-corrected chi connectivity index (χ1v) is 6.07. The summed E-state index contributed by atoms with van der Waals surface area (Å²) in [6, 6.07) is 0.673. The van der Waals surface area contributed by atoms with Crippen molar-refractivity contribution in [2.24, 2.45) is 0 Å². The number of hydrogen-bond donors (Lipinski definition) is 1. The summed E-state index contributed by atoms with van der Waals surface area (Å²) in [5.41, 5.74) is 0. The number of carbonyl (C=O) groups excluding carboxylic acids is 1. The quantitative estimate of drug-likeness (QED) is 0.710. The first-order chi connectivity index (χ1) is 6.16. The van der Waals surface area contributed by atoms with Crippen molar-refractivity contribution in [1.29, 1.82) is 0 Å². The van der Waals surface area contributed by atoms with Gasteiger partial charge in [-0.15, -0.1) is 0 Å². The molecule has 1 aliphatic rings. The summed E-state index contributed by atoms with van der Waals surface area (Å²) < 4.78 is 0. The molecule has 76 valence electrons. The number of hydrogen-bond acceptors (Lipinski definition) is 3. The zero-order valence-electron chi connectivity index (χ0n) is 8.54. The lowest BCUT2D eigenvalue weighted by atomic mass is 10.1. The molecular weight excluding hydrogens is 184 g/mol. The van der Waals surface area contributed by atoms with Crippen molar-refractivity contribution in [3.8, 4) is 0 Å². The lowest BCUT2D eigenvalue weighted by Crippen LogP contribution is -2.57. The van der Waals surface area contributed by atoms with E-state index in [2.05, 4.69) is 19.2 Å². The highest BCUT2D eigenvalue weighted by Gasteiger charge is 2.27. The van der Waals surface area contributed by atoms with Crippen molar-refractivity contribution in [3.05, 3.63) is 0 Å². The van der Waals surface area contributed by atoms with Gasteiger partial charge >= 0.3 is 0 Å². The van der Waals surface area contributed by atoms with Crippen molar-refractivity contribution >= 4 is 17.7 Å². The Hall–Kier alpha value is -0.220. The Kier molecular flexibility index (Phi) is 4.06. The van der Waals surface area contributed by atoms with E-state index in [0.717, 1.165) is 13.1 Å². The summed E-state index contributed by atoms with van der Waals surface area (Å²) in [5, 5.41) is 3.31. The Morgan fingerprint density at radius 3 is 2.46 bits per heavy atom. The predicted octanol–water partition coefficient (Wildman–Crippen LogP) is 0.558. The number of carbonyl (C=O) groups is 1. The van der Waals surface area contributed by atoms with Gasteiger partial charge < -0.3 is 10.2 Å². The van der Waals surface area contributed by atoms with Crippen LogP contribution in [0.4, 0.5) is 0 Å². The van der Waals surface area contributed by atoms with E-state index >= 15 is 0 Å². The van der Waals surface area contributed by atoms with Gasteiger partial charge in [-0.2, -0.15) is 11.8 Å². The molecule has 0 spiro atoms. The van der Waals surface area contributed by atoms with Crippen molar-refractivity contribution in [3.63, 3.8) is 0 Å². The topological polar surface area (TPSA) is 32.3 Å². The number of rotatable bonds is 2. The lowest BCUT2D eigenvalue weighted by Gasteiger charge is -2.39. The number of thioether (sulfide) groups is 1. The van der Waals surface area contributed by atoms with Gasteiger partial charge in [0.2, 0.25) is 5.91 Å². The van der Waals surface area contributed by atoms with Gasteiger partial charge in [-0.25, -0.2) is 0 Å². The Bertz CT molecular complexity index is 176. The third-order valence-electron chi connectivity index (χ3n) is 2.39. The van der Waals surface area contributed by atoms with Crippen LogP contribution in [0.3, 0.4) is 0 Å². The predicted molar refractivity (Wildman–Crippen MR) is 57.0 cm³/mol. The number of amides is 1. The molecule has 1 saturated heterocycles. The van der Waals surface area contributed by atoms with Crippen molar-refractivity contribution < 1.29 is 4.79 Å². The summed E-state index contributed by atoms with van der Waals surface area (Å²) in [6.45, 7) is 6.04. The molecule has 2 unspecified atom stereocenters. The maximum absolute atomic E-state index is 11.7. The second kappa shape index (κ2) is 4.86. The molecule has 3 nitrogen and oxygen atoms in total. The molecular formula is C9H18N2OS. The minimum Gasteiger partial charge on any atom is -0.334 e. The molecule has 0 aromatic carbocycles. The Morgan fingerprint density at radius 1 is 1.46 bits per heavy atom. The van der Waals surface area contributed by atoms with Gasteiger partial charge in [0, 0.05) is 25.2 Å². The molecule has 0 aliphatic carbocycles. The molecule has 0 aromatic rings. The first-order valence-electron chi connectivity index (χ1n) is 4.67. The van der Waals surface area contributed by atoms with E-state index in [4.69, 9.17) is 0 Å². The van der Waals surface area contributed by atoms with Crippen LogP contribution in [0, 0.1) is 0 Å². The standard InChI is InChI=1S/C9H18N2OS/c1-7-4-10-5-8(2)11(7)9(12)6-13-3/h7-8,10H,4-6H2,1-3H3. The summed E-state index contributed by atoms with van der Waals surface area (Å²) in [6.07, 6.45) is 1.97. The highest BCUT2D eigenvalue weighted by molar-refractivity contribution is 7.99. The largest absolute Gasteiger partial charge is 0.334 e. The van der Waals surface area contributed by atoms with Crippen LogP contribution < -0.4 is 5.32 Å². The van der Waals surface area contributed by atoms with Crippen LogP contribution in [0.5, 0.6) is 0 Å². The second-order valence-corrected chi connectivity index (χ2v) is 4.46. The maximum Gasteiger partial charge on any atom is 0.233 e. The van der Waals surface area contributed by atoms with Gasteiger partial charge in [0.05, 0.1) is 5.75 Å². The Labute approximate surface area is 84.2 Å². The smallest absolute Gasteiger partial charge is 0.233 e. The molecule has 0 aromatic heterocycles. The van der Waals surface area contributed by atoms with E-state index in [-0.39, 0.29) is 5.91 Å². The maximum atomic E-state index is 11.7. The third kappa shape index (κ3) is 2.61. The minimum atomic E-state index is 0.272. The van der Waals surface area contributed by atoms with Crippen LogP contribution in [0.25, 0.3) is 0 Å². The molecule has 1 aliphatic heterocycles. The Balaban J connectivity index is 2.57. The van der Waals surface area contributed by atoms with Crippen LogP contribution in [0.2, 0.25) is 0 Å². The van der Waals surface area contributed by atoms with Crippen LogP contribution in [0.1, 0.15) is 13.8 Å². The van der Waals surface area contributed by atoms with Gasteiger partial charge in [-0.05, 0) is 20.1 Å². The van der Waals surface area contributed by atoms with Crippen molar-refractivity contribution in [2.45, 2.75) is 25.9 Å². The molecule has 2 atom stereocenters. The highest BCUT2D eigenvalue weighted by Crippen LogP contribution is 2.11. The van der Waals surface area contributed by atoms with Gasteiger partial charge in [0.15, 0.2) is 0 Å². The molecule has 1 rings (SSSR count). The summed E-state index contributed by atoms with van der Waals surface area (Å²) in [5.74, 6) is 0.878. The van der Waals surface area contributed by atoms with E-state index < -0.39 is 0 Å². The number of piperazine rings is 1. The second-order valence-electron chi connectivity index (χ2n) is 3.59. The molecule has 13 heavy (non-hydrogen) atoms. The summed E-state index contributed by atoms with van der Waals surface area (Å²) in [4.78, 5) is 13.7. The normalized spacial score (nSPS) is 29.0. The molecule has 1 N–H and O–H groups in total. The van der Waals surface area contributed by atoms with Crippen LogP contribution in [0.15, 0.2) is 0 Å². The highest BCUT2D eigenvalue weighted by atomic mass is 32.2. The zero-order valence-corrected chi connectivity index (χ0v) is 9.36. The van der Waals surface area contributed by atoms with Gasteiger partial charge in [0.1, 0.15) is 0 Å². The average Bonchev–Trinajstić information content (AvgIpc) is 2.04. The molecule has 4 heteroatoms. The van der Waals surface area contributed by atoms with Crippen molar-refractivity contribution in [1.82, 2.24) is 10.2 Å². The summed E-state index contributed by atoms with van der Waals surface area (Å²) >= 11 is 1.60. The third-order valence-corrected chi connectivity index (χ3v) is 2.92. The van der Waals surface area contributed by atoms with E-state index in [1.54, 1.807) is 11.8 Å². The van der Waals surface area contributed by atoms with Gasteiger partial charge in [0.25, 0.3) is 0 Å². The molecule has 0 bridgehead atoms. The fourth-order valence-corrected chi connectivity index (χ4v) is 2.22. The number of nitrogens with one attached hydrogen (secondary N) is 1. The minimum absolute atomic E-state index is 0.272. The molecule has 1 heterocycles. The molecule has 0 saturated carbocycles. The van der Waals surface area contributed by atoms with Crippen LogP contribution >= 0.6 is 11.8 Å². The van der Waals surface area contributed by atoms with E-state index in [1.165, 1.54) is 0 Å². The zero-order chi connectivity index (χ0) is 9.84. The van der Waals surface area contributed by atoms with E-state index in [1.807, 2.05) is 11.2 Å². The molecule has 1 amide bonds. The fraction of sp³-hybridized carbons (Fsp3) is 0.889. The molecule has 1 fully saturated rings. The van der Waals surface area contributed by atoms with E-state index in [0.29, 0.717) is 17.8 Å². The monoisotopic (exact) mass is 202 g/mol. The summed E-state index contributed by atoms with van der Waals surface area (Å²) in [7, 11) is 0. The molecule has 0 radical (unpaired) electrons. The van der Waals surface area contributed by atoms with Gasteiger partial charge in [-0.1, -0.05) is 0 Å². The lowest BCUT2D eigenvalue weighted by molar-refractivity contribution is -0.133. The van der Waals surface area contributed by atoms with Crippen molar-refractivity contribution in [2.75, 3.05) is 25.1 Å². The van der Waals surface area contributed by atoms with Gasteiger partial charge in [-0.3, -0.25) is 4.79 Å². The SMILES string of the molecule is CSCC(=O)N1C(C)CNCC1C. The fourth-order valence-electron chi connectivity index (χ4n) is 1.82. The average molecular weight is 202 g/mol. The van der Waals surface area contributed by atoms with Crippen LogP contribution in [-0.2, 0) is 4.79 Å². The van der Waals surface area contributed by atoms with E-state index in [9.17, 15) is 4.79 Å². The Morgan fingerprint density at radius 2 is 2.00 bits per heavy atom. The number of nitrogens with zero attached hydrogens (tertiary/aromatic N) is 1. The van der Waals surface area contributed by atoms with Crippen LogP contribution in [-0.4, -0.2) is 48.0 Å². The first kappa shape index (κ1) is 10.9.